The third kappa shape index (κ3) is 4.33. The predicted molar refractivity (Wildman–Crippen MR) is 91.5 cm³/mol. The van der Waals surface area contributed by atoms with Gasteiger partial charge in [0.1, 0.15) is 5.82 Å². The summed E-state index contributed by atoms with van der Waals surface area (Å²) < 4.78 is 37.3. The number of hydrogen-bond acceptors (Lipinski definition) is 5. The Labute approximate surface area is 146 Å². The van der Waals surface area contributed by atoms with E-state index in [1.54, 1.807) is 11.3 Å². The van der Waals surface area contributed by atoms with E-state index in [-0.39, 0.29) is 0 Å². The van der Waals surface area contributed by atoms with Crippen LogP contribution in [0.3, 0.4) is 0 Å². The summed E-state index contributed by atoms with van der Waals surface area (Å²) >= 11 is 1.61. The van der Waals surface area contributed by atoms with Crippen molar-refractivity contribution in [1.82, 2.24) is 15.2 Å². The lowest BCUT2D eigenvalue weighted by Gasteiger charge is -2.06. The Hall–Kier alpha value is -2.48. The Morgan fingerprint density at radius 1 is 1.04 bits per heavy atom. The van der Waals surface area contributed by atoms with Gasteiger partial charge in [-0.3, -0.25) is 0 Å². The molecule has 0 saturated heterocycles. The molecule has 8 heteroatoms. The van der Waals surface area contributed by atoms with Crippen molar-refractivity contribution in [2.45, 2.75) is 19.5 Å². The number of anilines is 1. The molecule has 1 aromatic carbocycles. The SMILES string of the molecule is Cc1sc(CCNc2ccc(C(F)(F)F)nn2)nc1-c1ccccc1. The topological polar surface area (TPSA) is 50.7 Å². The van der Waals surface area contributed by atoms with Gasteiger partial charge < -0.3 is 5.32 Å². The summed E-state index contributed by atoms with van der Waals surface area (Å²) in [6, 6.07) is 12.1. The fourth-order valence-corrected chi connectivity index (χ4v) is 3.25. The third-order valence-electron chi connectivity index (χ3n) is 3.49. The van der Waals surface area contributed by atoms with Crippen LogP contribution < -0.4 is 5.32 Å². The summed E-state index contributed by atoms with van der Waals surface area (Å²) in [4.78, 5) is 5.79. The molecule has 0 aliphatic rings. The highest BCUT2D eigenvalue weighted by atomic mass is 32.1. The Balaban J connectivity index is 1.59. The van der Waals surface area contributed by atoms with Gasteiger partial charge in [-0.2, -0.15) is 13.2 Å². The standard InChI is InChI=1S/C17H15F3N4S/c1-11-16(12-5-3-2-4-6-12)22-15(25-11)9-10-21-14-8-7-13(23-24-14)17(18,19)20/h2-8H,9-10H2,1H3,(H,21,24). The van der Waals surface area contributed by atoms with E-state index in [2.05, 4.69) is 20.5 Å². The van der Waals surface area contributed by atoms with Gasteiger partial charge in [-0.15, -0.1) is 21.5 Å². The number of hydrogen-bond donors (Lipinski definition) is 1. The van der Waals surface area contributed by atoms with E-state index < -0.39 is 11.9 Å². The largest absolute Gasteiger partial charge is 0.435 e. The average Bonchev–Trinajstić information content (AvgIpc) is 2.96. The van der Waals surface area contributed by atoms with Crippen LogP contribution in [0.5, 0.6) is 0 Å². The number of nitrogens with one attached hydrogen (secondary N) is 1. The highest BCUT2D eigenvalue weighted by molar-refractivity contribution is 7.12. The molecule has 0 aliphatic carbocycles. The van der Waals surface area contributed by atoms with Crippen LogP contribution >= 0.6 is 11.3 Å². The van der Waals surface area contributed by atoms with Crippen molar-refractivity contribution >= 4 is 17.2 Å². The molecular weight excluding hydrogens is 349 g/mol. The van der Waals surface area contributed by atoms with Crippen molar-refractivity contribution in [3.63, 3.8) is 0 Å². The summed E-state index contributed by atoms with van der Waals surface area (Å²) in [5, 5.41) is 10.7. The minimum atomic E-state index is -4.47. The molecule has 3 rings (SSSR count). The first-order valence-corrected chi connectivity index (χ1v) is 8.41. The lowest BCUT2D eigenvalue weighted by atomic mass is 10.1. The molecule has 1 N–H and O–H groups in total. The maximum absolute atomic E-state index is 12.4. The van der Waals surface area contributed by atoms with E-state index in [1.165, 1.54) is 6.07 Å². The molecule has 0 unspecified atom stereocenters. The Kier molecular flexibility index (Phi) is 4.98. The van der Waals surface area contributed by atoms with Gasteiger partial charge in [0.25, 0.3) is 0 Å². The summed E-state index contributed by atoms with van der Waals surface area (Å²) in [7, 11) is 0. The Bertz CT molecular complexity index is 829. The van der Waals surface area contributed by atoms with Gasteiger partial charge in [0, 0.05) is 23.4 Å². The van der Waals surface area contributed by atoms with Gasteiger partial charge >= 0.3 is 6.18 Å². The highest BCUT2D eigenvalue weighted by Gasteiger charge is 2.32. The fourth-order valence-electron chi connectivity index (χ4n) is 2.30. The molecule has 0 bridgehead atoms. The molecular formula is C17H15F3N4S. The van der Waals surface area contributed by atoms with Crippen molar-refractivity contribution < 1.29 is 13.2 Å². The lowest BCUT2D eigenvalue weighted by Crippen LogP contribution is -2.11. The normalized spacial score (nSPS) is 11.5. The van der Waals surface area contributed by atoms with E-state index >= 15 is 0 Å². The van der Waals surface area contributed by atoms with E-state index in [9.17, 15) is 13.2 Å². The number of rotatable bonds is 5. The molecule has 0 amide bonds. The number of thiazole rings is 1. The summed E-state index contributed by atoms with van der Waals surface area (Å²) in [5.41, 5.74) is 1.04. The number of nitrogens with zero attached hydrogens (tertiary/aromatic N) is 3. The monoisotopic (exact) mass is 364 g/mol. The molecule has 4 nitrogen and oxygen atoms in total. The lowest BCUT2D eigenvalue weighted by molar-refractivity contribution is -0.141. The van der Waals surface area contributed by atoms with Crippen LogP contribution in [0.1, 0.15) is 15.6 Å². The van der Waals surface area contributed by atoms with Gasteiger partial charge in [0.2, 0.25) is 0 Å². The van der Waals surface area contributed by atoms with Crippen LogP contribution in [0.2, 0.25) is 0 Å². The summed E-state index contributed by atoms with van der Waals surface area (Å²) in [5.74, 6) is 0.310. The first kappa shape index (κ1) is 17.3. The zero-order valence-corrected chi connectivity index (χ0v) is 14.2. The van der Waals surface area contributed by atoms with E-state index in [4.69, 9.17) is 0 Å². The Morgan fingerprint density at radius 2 is 1.80 bits per heavy atom. The van der Waals surface area contributed by atoms with Crippen LogP contribution in [0.25, 0.3) is 11.3 Å². The number of aryl methyl sites for hydroxylation is 1. The van der Waals surface area contributed by atoms with Gasteiger partial charge in [-0.05, 0) is 19.1 Å². The maximum Gasteiger partial charge on any atom is 0.435 e. The van der Waals surface area contributed by atoms with Crippen LogP contribution in [0.15, 0.2) is 42.5 Å². The van der Waals surface area contributed by atoms with Crippen molar-refractivity contribution in [1.29, 1.82) is 0 Å². The number of benzene rings is 1. The highest BCUT2D eigenvalue weighted by Crippen LogP contribution is 2.28. The number of alkyl halides is 3. The first-order valence-electron chi connectivity index (χ1n) is 7.60. The number of halogens is 3. The molecule has 3 aromatic rings. The molecule has 0 atom stereocenters. The number of aromatic nitrogens is 3. The second-order valence-electron chi connectivity index (χ2n) is 5.36. The maximum atomic E-state index is 12.4. The minimum Gasteiger partial charge on any atom is -0.368 e. The smallest absolute Gasteiger partial charge is 0.368 e. The molecule has 0 aliphatic heterocycles. The molecule has 25 heavy (non-hydrogen) atoms. The average molecular weight is 364 g/mol. The van der Waals surface area contributed by atoms with Gasteiger partial charge in [0.15, 0.2) is 5.69 Å². The predicted octanol–water partition coefficient (Wildman–Crippen LogP) is 4.58. The molecule has 0 radical (unpaired) electrons. The second kappa shape index (κ2) is 7.18. The molecule has 2 heterocycles. The fraction of sp³-hybridized carbons (Fsp3) is 0.235. The van der Waals surface area contributed by atoms with Gasteiger partial charge in [-0.1, -0.05) is 30.3 Å². The zero-order valence-electron chi connectivity index (χ0n) is 13.3. The Morgan fingerprint density at radius 3 is 2.44 bits per heavy atom. The van der Waals surface area contributed by atoms with E-state index in [1.807, 2.05) is 37.3 Å². The van der Waals surface area contributed by atoms with Crippen LogP contribution in [-0.2, 0) is 12.6 Å². The summed E-state index contributed by atoms with van der Waals surface area (Å²) in [6.07, 6.45) is -3.82. The quantitative estimate of drug-likeness (QED) is 0.720. The van der Waals surface area contributed by atoms with Crippen molar-refractivity contribution in [2.75, 3.05) is 11.9 Å². The zero-order chi connectivity index (χ0) is 17.9. The van der Waals surface area contributed by atoms with Gasteiger partial charge in [0.05, 0.1) is 10.7 Å². The van der Waals surface area contributed by atoms with Crippen LogP contribution in [0, 0.1) is 6.92 Å². The summed E-state index contributed by atoms with van der Waals surface area (Å²) in [6.45, 7) is 2.54. The van der Waals surface area contributed by atoms with E-state index in [0.29, 0.717) is 18.8 Å². The van der Waals surface area contributed by atoms with Crippen LogP contribution in [0.4, 0.5) is 19.0 Å². The van der Waals surface area contributed by atoms with Crippen molar-refractivity contribution in [2.24, 2.45) is 0 Å². The molecule has 0 fully saturated rings. The molecule has 0 spiro atoms. The second-order valence-corrected chi connectivity index (χ2v) is 6.64. The van der Waals surface area contributed by atoms with Gasteiger partial charge in [-0.25, -0.2) is 4.98 Å². The van der Waals surface area contributed by atoms with Crippen molar-refractivity contribution in [3.05, 3.63) is 58.0 Å². The molecule has 2 aromatic heterocycles. The third-order valence-corrected chi connectivity index (χ3v) is 4.52. The molecule has 130 valence electrons. The van der Waals surface area contributed by atoms with Crippen LogP contribution in [-0.4, -0.2) is 21.7 Å². The van der Waals surface area contributed by atoms with Crippen molar-refractivity contribution in [3.8, 4) is 11.3 Å². The van der Waals surface area contributed by atoms with E-state index in [0.717, 1.165) is 27.2 Å². The minimum absolute atomic E-state index is 0.310. The molecule has 0 saturated carbocycles. The first-order chi connectivity index (χ1) is 11.9.